The molecule has 1 aliphatic heterocycles. The maximum absolute atomic E-state index is 12.7. The number of thioether (sulfide) groups is 1. The number of para-hydroxylation sites is 1. The molecule has 1 atom stereocenters. The molecule has 1 fully saturated rings. The van der Waals surface area contributed by atoms with E-state index in [2.05, 4.69) is 10.6 Å². The summed E-state index contributed by atoms with van der Waals surface area (Å²) in [6.45, 7) is 2.76. The highest BCUT2D eigenvalue weighted by Gasteiger charge is 2.21. The molecule has 1 saturated heterocycles. The summed E-state index contributed by atoms with van der Waals surface area (Å²) in [6, 6.07) is 9.58. The maximum Gasteiger partial charge on any atom is 0.295 e. The molecule has 1 aromatic heterocycles. The molecule has 2 heterocycles. The number of amides is 1. The van der Waals surface area contributed by atoms with Crippen LogP contribution in [0.15, 0.2) is 35.1 Å². The zero-order valence-electron chi connectivity index (χ0n) is 14.3. The highest BCUT2D eigenvalue weighted by molar-refractivity contribution is 7.99. The summed E-state index contributed by atoms with van der Waals surface area (Å²) in [4.78, 5) is 25.1. The van der Waals surface area contributed by atoms with Crippen LogP contribution in [0.1, 0.15) is 12.1 Å². The molecular formula is C17H23ClN4O2S. The summed E-state index contributed by atoms with van der Waals surface area (Å²) in [6.07, 6.45) is 0.381. The predicted molar refractivity (Wildman–Crippen MR) is 105 cm³/mol. The smallest absolute Gasteiger partial charge is 0.295 e. The largest absolute Gasteiger partial charge is 0.320 e. The lowest BCUT2D eigenvalue weighted by Crippen LogP contribution is -2.40. The van der Waals surface area contributed by atoms with Gasteiger partial charge in [0, 0.05) is 37.6 Å². The minimum atomic E-state index is -0.208. The van der Waals surface area contributed by atoms with Crippen LogP contribution in [0.25, 0.3) is 5.69 Å². The van der Waals surface area contributed by atoms with E-state index in [1.807, 2.05) is 56.1 Å². The summed E-state index contributed by atoms with van der Waals surface area (Å²) < 4.78 is 3.33. The number of carbonyl (C=O) groups excluding carboxylic acids is 1. The molecule has 0 spiro atoms. The van der Waals surface area contributed by atoms with E-state index in [1.165, 1.54) is 0 Å². The third-order valence-corrected chi connectivity index (χ3v) is 5.38. The van der Waals surface area contributed by atoms with Crippen molar-refractivity contribution in [3.63, 3.8) is 0 Å². The second-order valence-electron chi connectivity index (χ2n) is 5.91. The van der Waals surface area contributed by atoms with Crippen molar-refractivity contribution in [2.75, 3.05) is 23.4 Å². The Morgan fingerprint density at radius 3 is 2.72 bits per heavy atom. The van der Waals surface area contributed by atoms with Crippen LogP contribution in [-0.4, -0.2) is 39.4 Å². The van der Waals surface area contributed by atoms with Gasteiger partial charge in [-0.05, 0) is 19.1 Å². The topological polar surface area (TPSA) is 68.1 Å². The molecule has 0 saturated carbocycles. The highest BCUT2D eigenvalue weighted by Crippen LogP contribution is 2.15. The number of rotatable bonds is 4. The van der Waals surface area contributed by atoms with Crippen molar-refractivity contribution in [1.82, 2.24) is 14.7 Å². The Hall–Kier alpha value is -1.70. The molecule has 0 bridgehead atoms. The van der Waals surface area contributed by atoms with Gasteiger partial charge in [-0.25, -0.2) is 4.68 Å². The number of aromatic nitrogens is 2. The summed E-state index contributed by atoms with van der Waals surface area (Å²) >= 11 is 1.85. The highest BCUT2D eigenvalue weighted by atomic mass is 35.5. The quantitative estimate of drug-likeness (QED) is 0.848. The average Bonchev–Trinajstić information content (AvgIpc) is 2.80. The van der Waals surface area contributed by atoms with Gasteiger partial charge >= 0.3 is 0 Å². The Kier molecular flexibility index (Phi) is 6.75. The van der Waals surface area contributed by atoms with Crippen LogP contribution >= 0.6 is 24.2 Å². The van der Waals surface area contributed by atoms with Gasteiger partial charge in [0.05, 0.1) is 11.4 Å². The summed E-state index contributed by atoms with van der Waals surface area (Å²) in [7, 11) is 1.82. The SMILES string of the molecule is Cc1c(NC(=O)CC2CSCCN2)c(=O)n(-c2ccccc2)n1C.Cl. The first kappa shape index (κ1) is 19.6. The van der Waals surface area contributed by atoms with Gasteiger partial charge in [0.2, 0.25) is 5.91 Å². The molecule has 136 valence electrons. The van der Waals surface area contributed by atoms with Crippen LogP contribution in [0.2, 0.25) is 0 Å². The van der Waals surface area contributed by atoms with E-state index in [9.17, 15) is 9.59 Å². The van der Waals surface area contributed by atoms with Crippen molar-refractivity contribution in [3.8, 4) is 5.69 Å². The fourth-order valence-electron chi connectivity index (χ4n) is 2.88. The second-order valence-corrected chi connectivity index (χ2v) is 7.06. The lowest BCUT2D eigenvalue weighted by atomic mass is 10.2. The lowest BCUT2D eigenvalue weighted by Gasteiger charge is -2.22. The fourth-order valence-corrected chi connectivity index (χ4v) is 3.83. The van der Waals surface area contributed by atoms with Crippen LogP contribution in [0.3, 0.4) is 0 Å². The number of hydrogen-bond donors (Lipinski definition) is 2. The minimum absolute atomic E-state index is 0. The van der Waals surface area contributed by atoms with E-state index in [0.29, 0.717) is 12.1 Å². The molecule has 8 heteroatoms. The van der Waals surface area contributed by atoms with E-state index in [4.69, 9.17) is 0 Å². The number of anilines is 1. The van der Waals surface area contributed by atoms with Crippen LogP contribution < -0.4 is 16.2 Å². The molecule has 6 nitrogen and oxygen atoms in total. The van der Waals surface area contributed by atoms with Gasteiger partial charge in [0.15, 0.2) is 0 Å². The Morgan fingerprint density at radius 2 is 2.08 bits per heavy atom. The van der Waals surface area contributed by atoms with Gasteiger partial charge in [0.25, 0.3) is 5.56 Å². The third kappa shape index (κ3) is 4.29. The van der Waals surface area contributed by atoms with Gasteiger partial charge in [-0.15, -0.1) is 12.4 Å². The van der Waals surface area contributed by atoms with E-state index in [0.717, 1.165) is 29.4 Å². The number of hydrogen-bond acceptors (Lipinski definition) is 4. The van der Waals surface area contributed by atoms with E-state index < -0.39 is 0 Å². The Bertz CT molecular complexity index is 782. The average molecular weight is 383 g/mol. The van der Waals surface area contributed by atoms with Crippen LogP contribution in [0, 0.1) is 6.92 Å². The van der Waals surface area contributed by atoms with Crippen LogP contribution in [-0.2, 0) is 11.8 Å². The monoisotopic (exact) mass is 382 g/mol. The molecule has 25 heavy (non-hydrogen) atoms. The summed E-state index contributed by atoms with van der Waals surface area (Å²) in [5.74, 6) is 1.88. The number of nitrogens with one attached hydrogen (secondary N) is 2. The van der Waals surface area contributed by atoms with Gasteiger partial charge in [-0.2, -0.15) is 11.8 Å². The zero-order chi connectivity index (χ0) is 17.1. The zero-order valence-corrected chi connectivity index (χ0v) is 16.0. The van der Waals surface area contributed by atoms with Crippen molar-refractivity contribution in [2.45, 2.75) is 19.4 Å². The summed E-state index contributed by atoms with van der Waals surface area (Å²) in [5.41, 5.74) is 1.66. The Morgan fingerprint density at radius 1 is 1.36 bits per heavy atom. The normalized spacial score (nSPS) is 17.0. The van der Waals surface area contributed by atoms with Gasteiger partial charge in [0.1, 0.15) is 5.69 Å². The van der Waals surface area contributed by atoms with E-state index in [-0.39, 0.29) is 29.9 Å². The van der Waals surface area contributed by atoms with Crippen LogP contribution in [0.4, 0.5) is 5.69 Å². The lowest BCUT2D eigenvalue weighted by molar-refractivity contribution is -0.116. The molecule has 0 aliphatic carbocycles. The number of nitrogens with zero attached hydrogens (tertiary/aromatic N) is 2. The second kappa shape index (κ2) is 8.60. The van der Waals surface area contributed by atoms with Crippen molar-refractivity contribution in [2.24, 2.45) is 7.05 Å². The number of benzene rings is 1. The third-order valence-electron chi connectivity index (χ3n) is 4.25. The van der Waals surface area contributed by atoms with Crippen molar-refractivity contribution >= 4 is 35.8 Å². The van der Waals surface area contributed by atoms with Crippen molar-refractivity contribution < 1.29 is 4.79 Å². The first-order valence-corrected chi connectivity index (χ1v) is 9.18. The first-order chi connectivity index (χ1) is 11.6. The first-order valence-electron chi connectivity index (χ1n) is 8.03. The molecular weight excluding hydrogens is 360 g/mol. The Balaban J connectivity index is 0.00000225. The van der Waals surface area contributed by atoms with Gasteiger partial charge < -0.3 is 10.6 Å². The molecule has 1 unspecified atom stereocenters. The van der Waals surface area contributed by atoms with Crippen LogP contribution in [0.5, 0.6) is 0 Å². The number of carbonyl (C=O) groups is 1. The van der Waals surface area contributed by atoms with Gasteiger partial charge in [-0.3, -0.25) is 14.3 Å². The Labute approximate surface area is 157 Å². The molecule has 1 aliphatic rings. The van der Waals surface area contributed by atoms with Crippen molar-refractivity contribution in [1.29, 1.82) is 0 Å². The molecule has 3 rings (SSSR count). The van der Waals surface area contributed by atoms with Gasteiger partial charge in [-0.1, -0.05) is 18.2 Å². The minimum Gasteiger partial charge on any atom is -0.320 e. The molecule has 0 radical (unpaired) electrons. The summed E-state index contributed by atoms with van der Waals surface area (Å²) in [5, 5.41) is 6.15. The fraction of sp³-hybridized carbons (Fsp3) is 0.412. The molecule has 2 aromatic rings. The molecule has 2 N–H and O–H groups in total. The predicted octanol–water partition coefficient (Wildman–Crippen LogP) is 1.94. The van der Waals surface area contributed by atoms with E-state index >= 15 is 0 Å². The standard InChI is InChI=1S/C17H22N4O2S.ClH/c1-12-16(19-15(22)10-13-11-24-9-8-18-13)17(23)21(20(12)2)14-6-4-3-5-7-14;/h3-7,13,18H,8-11H2,1-2H3,(H,19,22);1H. The van der Waals surface area contributed by atoms with E-state index in [1.54, 1.807) is 9.36 Å². The van der Waals surface area contributed by atoms with Crippen molar-refractivity contribution in [3.05, 3.63) is 46.4 Å². The number of halogens is 1. The maximum atomic E-state index is 12.7. The molecule has 1 amide bonds. The molecule has 1 aromatic carbocycles.